The van der Waals surface area contributed by atoms with E-state index in [1.807, 2.05) is 30.3 Å². The van der Waals surface area contributed by atoms with Crippen molar-refractivity contribution in [1.82, 2.24) is 5.32 Å². The fourth-order valence-corrected chi connectivity index (χ4v) is 6.96. The van der Waals surface area contributed by atoms with Crippen LogP contribution in [-0.4, -0.2) is 36.3 Å². The Hall–Kier alpha value is -2.12. The van der Waals surface area contributed by atoms with Gasteiger partial charge in [-0.1, -0.05) is 51.1 Å². The van der Waals surface area contributed by atoms with Crippen molar-refractivity contribution in [2.75, 3.05) is 6.54 Å². The first-order valence-electron chi connectivity index (χ1n) is 12.7. The van der Waals surface area contributed by atoms with E-state index < -0.39 is 17.7 Å². The van der Waals surface area contributed by atoms with Crippen molar-refractivity contribution in [1.29, 1.82) is 0 Å². The van der Waals surface area contributed by atoms with Crippen LogP contribution in [0.5, 0.6) is 0 Å². The van der Waals surface area contributed by atoms with Crippen LogP contribution in [0.2, 0.25) is 0 Å². The monoisotopic (exact) mass is 471 g/mol. The zero-order chi connectivity index (χ0) is 24.0. The summed E-state index contributed by atoms with van der Waals surface area (Å²) in [6.07, 6.45) is 5.74. The Morgan fingerprint density at radius 3 is 2.74 bits per heavy atom. The third-order valence-corrected chi connectivity index (χ3v) is 8.97. The molecule has 1 amide bonds. The van der Waals surface area contributed by atoms with Crippen LogP contribution < -0.4 is 5.32 Å². The van der Waals surface area contributed by atoms with Crippen molar-refractivity contribution in [3.8, 4) is 0 Å². The van der Waals surface area contributed by atoms with Gasteiger partial charge in [-0.15, -0.1) is 0 Å². The minimum Gasteiger partial charge on any atom is -0.445 e. The van der Waals surface area contributed by atoms with Crippen molar-refractivity contribution in [3.05, 3.63) is 35.9 Å². The Morgan fingerprint density at radius 1 is 1.15 bits per heavy atom. The summed E-state index contributed by atoms with van der Waals surface area (Å²) in [6.45, 7) is 7.23. The number of carbonyl (C=O) groups excluding carboxylic acids is 2. The van der Waals surface area contributed by atoms with E-state index in [9.17, 15) is 9.59 Å². The van der Waals surface area contributed by atoms with Gasteiger partial charge in [0.05, 0.1) is 12.5 Å². The average molecular weight is 472 g/mol. The summed E-state index contributed by atoms with van der Waals surface area (Å²) in [4.78, 5) is 24.9. The van der Waals surface area contributed by atoms with E-state index in [0.29, 0.717) is 25.3 Å². The maximum atomic E-state index is 12.6. The maximum absolute atomic E-state index is 12.6. The molecular weight excluding hydrogens is 434 g/mol. The summed E-state index contributed by atoms with van der Waals surface area (Å²) >= 11 is 0. The van der Waals surface area contributed by atoms with Gasteiger partial charge in [-0.2, -0.15) is 0 Å². The third kappa shape index (κ3) is 4.01. The lowest BCUT2D eigenvalue weighted by atomic mass is 9.49. The number of hydrogen-bond acceptors (Lipinski definition) is 6. The number of benzene rings is 1. The summed E-state index contributed by atoms with van der Waals surface area (Å²) in [5.74, 6) is -1.54. The molecule has 3 aliphatic heterocycles. The molecule has 1 aliphatic carbocycles. The summed E-state index contributed by atoms with van der Waals surface area (Å²) in [5.41, 5.74) is 0.598. The lowest BCUT2D eigenvalue weighted by molar-refractivity contribution is -0.453. The fraction of sp³-hybridized carbons (Fsp3) is 0.704. The van der Waals surface area contributed by atoms with Gasteiger partial charge in [0.15, 0.2) is 5.79 Å². The summed E-state index contributed by atoms with van der Waals surface area (Å²) in [7, 11) is 0. The van der Waals surface area contributed by atoms with E-state index >= 15 is 0 Å². The number of rotatable bonds is 4. The van der Waals surface area contributed by atoms with Gasteiger partial charge < -0.3 is 24.3 Å². The smallest absolute Gasteiger partial charge is 0.407 e. The molecule has 0 aromatic heterocycles. The quantitative estimate of drug-likeness (QED) is 0.617. The maximum Gasteiger partial charge on any atom is 0.407 e. The predicted molar refractivity (Wildman–Crippen MR) is 124 cm³/mol. The Balaban J connectivity index is 1.25. The first-order chi connectivity index (χ1) is 16.2. The van der Waals surface area contributed by atoms with E-state index in [1.165, 1.54) is 0 Å². The third-order valence-electron chi connectivity index (χ3n) is 8.97. The van der Waals surface area contributed by atoms with E-state index in [4.69, 9.17) is 18.9 Å². The fourth-order valence-electron chi connectivity index (χ4n) is 6.96. The molecule has 7 heteroatoms. The van der Waals surface area contributed by atoms with E-state index in [0.717, 1.165) is 44.1 Å². The van der Waals surface area contributed by atoms with E-state index in [-0.39, 0.29) is 29.5 Å². The highest BCUT2D eigenvalue weighted by Gasteiger charge is 2.71. The van der Waals surface area contributed by atoms with Gasteiger partial charge in [-0.05, 0) is 42.6 Å². The normalized spacial score (nSPS) is 41.3. The van der Waals surface area contributed by atoms with Crippen LogP contribution >= 0.6 is 0 Å². The molecule has 1 aromatic carbocycles. The molecule has 186 valence electrons. The number of alkyl carbamates (subject to hydrolysis) is 1. The van der Waals surface area contributed by atoms with Crippen LogP contribution in [0.1, 0.15) is 77.7 Å². The largest absolute Gasteiger partial charge is 0.445 e. The molecule has 3 saturated heterocycles. The molecule has 0 radical (unpaired) electrons. The summed E-state index contributed by atoms with van der Waals surface area (Å²) < 4.78 is 24.8. The average Bonchev–Trinajstić information content (AvgIpc) is 2.77. The topological polar surface area (TPSA) is 83.1 Å². The predicted octanol–water partition coefficient (Wildman–Crippen LogP) is 5.07. The van der Waals surface area contributed by atoms with Crippen molar-refractivity contribution >= 4 is 12.1 Å². The van der Waals surface area contributed by atoms with Gasteiger partial charge in [0, 0.05) is 31.2 Å². The number of carbonyl (C=O) groups is 2. The Kier molecular flexibility index (Phi) is 5.92. The molecular formula is C27H37NO6. The summed E-state index contributed by atoms with van der Waals surface area (Å²) in [5, 5.41) is 2.86. The highest BCUT2D eigenvalue weighted by molar-refractivity contribution is 5.72. The van der Waals surface area contributed by atoms with Crippen LogP contribution in [-0.2, 0) is 30.3 Å². The molecule has 34 heavy (non-hydrogen) atoms. The lowest BCUT2D eigenvalue weighted by Gasteiger charge is -2.67. The first kappa shape index (κ1) is 23.6. The van der Waals surface area contributed by atoms with E-state index in [1.54, 1.807) is 0 Å². The molecule has 6 atom stereocenters. The molecule has 5 rings (SSSR count). The molecule has 4 aliphatic rings. The first-order valence-corrected chi connectivity index (χ1v) is 12.7. The van der Waals surface area contributed by atoms with Gasteiger partial charge in [-0.3, -0.25) is 4.79 Å². The van der Waals surface area contributed by atoms with Gasteiger partial charge in [0.1, 0.15) is 6.61 Å². The van der Waals surface area contributed by atoms with Crippen molar-refractivity contribution in [2.24, 2.45) is 16.7 Å². The van der Waals surface area contributed by atoms with Crippen molar-refractivity contribution < 1.29 is 28.5 Å². The number of amides is 1. The van der Waals surface area contributed by atoms with Gasteiger partial charge in [0.2, 0.25) is 5.79 Å². The second-order valence-corrected chi connectivity index (χ2v) is 11.4. The van der Waals surface area contributed by atoms with Gasteiger partial charge in [-0.25, -0.2) is 4.79 Å². The molecule has 3 heterocycles. The molecule has 1 aromatic rings. The van der Waals surface area contributed by atoms with E-state index in [2.05, 4.69) is 26.1 Å². The van der Waals surface area contributed by atoms with Crippen LogP contribution in [0.4, 0.5) is 4.79 Å². The van der Waals surface area contributed by atoms with Gasteiger partial charge in [0.25, 0.3) is 0 Å². The minimum atomic E-state index is -0.933. The highest BCUT2D eigenvalue weighted by Crippen LogP contribution is 2.68. The number of ether oxygens (including phenoxy) is 4. The van der Waals surface area contributed by atoms with Crippen molar-refractivity contribution in [2.45, 2.75) is 96.4 Å². The minimum absolute atomic E-state index is 0.119. The molecule has 7 nitrogen and oxygen atoms in total. The Labute approximate surface area is 201 Å². The Bertz CT molecular complexity index is 938. The molecule has 1 saturated carbocycles. The number of nitrogens with one attached hydrogen (secondary N) is 1. The van der Waals surface area contributed by atoms with Crippen LogP contribution in [0.15, 0.2) is 30.3 Å². The van der Waals surface area contributed by atoms with Crippen LogP contribution in [0.3, 0.4) is 0 Å². The van der Waals surface area contributed by atoms with Gasteiger partial charge >= 0.3 is 12.1 Å². The Morgan fingerprint density at radius 2 is 1.94 bits per heavy atom. The molecule has 1 spiro atoms. The lowest BCUT2D eigenvalue weighted by Crippen LogP contribution is -2.71. The zero-order valence-corrected chi connectivity index (χ0v) is 20.6. The van der Waals surface area contributed by atoms with Crippen LogP contribution in [0.25, 0.3) is 0 Å². The SMILES string of the molecule is C[C@H]1C[C@H](CNC(=O)OCc2ccccc2)O[C@]2(CC[C@@]3(C)[C@@]4(C)CCC[C@@]3(OC(=O)C4)O2)C1. The summed E-state index contributed by atoms with van der Waals surface area (Å²) in [6, 6.07) is 9.61. The molecule has 0 unspecified atom stereocenters. The zero-order valence-electron chi connectivity index (χ0n) is 20.6. The van der Waals surface area contributed by atoms with Crippen molar-refractivity contribution in [3.63, 3.8) is 0 Å². The van der Waals surface area contributed by atoms with Crippen LogP contribution in [0, 0.1) is 16.7 Å². The molecule has 2 bridgehead atoms. The second-order valence-electron chi connectivity index (χ2n) is 11.4. The number of hydrogen-bond donors (Lipinski definition) is 1. The number of esters is 1. The molecule has 1 N–H and O–H groups in total. The molecule has 4 fully saturated rings. The standard InChI is InChI=1S/C27H37NO6/c1-19-14-21(17-28-23(30)31-18-20-8-5-4-6-9-20)32-26(15-19)13-12-25(3)24(2)10-7-11-27(25,34-26)33-22(29)16-24/h4-6,8-9,19,21H,7,10-18H2,1-3H3,(H,28,30)/t19-,21+,24-,25-,26-,27+/m0/s1. The highest BCUT2D eigenvalue weighted by atomic mass is 16.8. The second kappa shape index (κ2) is 8.52.